The molecule has 1 aromatic heterocycles. The zero-order valence-electron chi connectivity index (χ0n) is 22.6. The van der Waals surface area contributed by atoms with Crippen LogP contribution in [0.25, 0.3) is 6.08 Å². The van der Waals surface area contributed by atoms with Crippen molar-refractivity contribution in [1.82, 2.24) is 9.88 Å². The van der Waals surface area contributed by atoms with Crippen LogP contribution >= 0.6 is 11.8 Å². The normalized spacial score (nSPS) is 17.0. The second kappa shape index (κ2) is 12.2. The summed E-state index contributed by atoms with van der Waals surface area (Å²) in [6.45, 7) is 2.13. The largest absolute Gasteiger partial charge is 0.496 e. The third kappa shape index (κ3) is 7.07. The van der Waals surface area contributed by atoms with Crippen molar-refractivity contribution in [1.29, 1.82) is 0 Å². The second-order valence-corrected chi connectivity index (χ2v) is 10.5. The van der Waals surface area contributed by atoms with E-state index in [2.05, 4.69) is 14.9 Å². The molecule has 1 amide bonds. The molecule has 3 heterocycles. The number of benzene rings is 2. The zero-order chi connectivity index (χ0) is 30.8. The lowest BCUT2D eigenvalue weighted by Gasteiger charge is -2.35. The third-order valence-electron chi connectivity index (χ3n) is 6.76. The minimum atomic E-state index is -5.01. The van der Waals surface area contributed by atoms with E-state index in [0.717, 1.165) is 25.0 Å². The fourth-order valence-corrected chi connectivity index (χ4v) is 5.50. The van der Waals surface area contributed by atoms with Gasteiger partial charge in [0.25, 0.3) is 5.91 Å². The Hall–Kier alpha value is -4.20. The van der Waals surface area contributed by atoms with Crippen molar-refractivity contribution in [3.05, 3.63) is 88.0 Å². The predicted octanol–water partition coefficient (Wildman–Crippen LogP) is 6.50. The molecule has 0 aliphatic carbocycles. The van der Waals surface area contributed by atoms with Crippen LogP contribution in [0, 0.1) is 0 Å². The molecule has 1 saturated heterocycles. The van der Waals surface area contributed by atoms with Crippen molar-refractivity contribution in [3.63, 3.8) is 0 Å². The van der Waals surface area contributed by atoms with Gasteiger partial charge in [-0.3, -0.25) is 4.79 Å². The highest BCUT2D eigenvalue weighted by atomic mass is 32.2. The average molecular weight is 623 g/mol. The highest BCUT2D eigenvalue weighted by molar-refractivity contribution is 8.18. The first-order valence-corrected chi connectivity index (χ1v) is 13.8. The van der Waals surface area contributed by atoms with Crippen LogP contribution in [-0.2, 0) is 23.8 Å². The van der Waals surface area contributed by atoms with E-state index < -0.39 is 41.6 Å². The van der Waals surface area contributed by atoms with Gasteiger partial charge in [0, 0.05) is 49.6 Å². The number of pyridine rings is 1. The number of halogens is 6. The Kier molecular flexibility index (Phi) is 8.58. The SMILES string of the molecule is COc1cc(OCc2ccc(C(F)(F)F)cc2C(F)(F)F)ccc1C=C1SC(N2CCN(c3ccccn3)CC2)=NC1=O. The summed E-state index contributed by atoms with van der Waals surface area (Å²) in [5.41, 5.74) is -2.78. The fourth-order valence-electron chi connectivity index (χ4n) is 4.55. The van der Waals surface area contributed by atoms with Crippen molar-refractivity contribution in [3.8, 4) is 11.5 Å². The van der Waals surface area contributed by atoms with Crippen LogP contribution < -0.4 is 14.4 Å². The monoisotopic (exact) mass is 622 g/mol. The summed E-state index contributed by atoms with van der Waals surface area (Å²) in [5.74, 6) is 0.885. The number of ether oxygens (including phenoxy) is 2. The number of thioether (sulfide) groups is 1. The minimum absolute atomic E-state index is 0.0710. The van der Waals surface area contributed by atoms with Crippen molar-refractivity contribution < 1.29 is 40.6 Å². The number of nitrogens with zero attached hydrogens (tertiary/aromatic N) is 4. The number of rotatable bonds is 6. The Labute approximate surface area is 246 Å². The second-order valence-electron chi connectivity index (χ2n) is 9.53. The Bertz CT molecular complexity index is 1550. The standard InChI is InChI=1S/C29H24F6N4O3S/c1-41-23-16-21(42-17-19-5-7-20(28(30,31)32)15-22(19)29(33,34)35)8-6-18(23)14-24-26(40)37-27(43-24)39-12-10-38(11-13-39)25-4-2-3-9-36-25/h2-9,14-16H,10-13,17H2,1H3. The Morgan fingerprint density at radius 1 is 0.930 bits per heavy atom. The number of amides is 1. The summed E-state index contributed by atoms with van der Waals surface area (Å²) >= 11 is 1.23. The maximum absolute atomic E-state index is 13.5. The van der Waals surface area contributed by atoms with Gasteiger partial charge in [-0.1, -0.05) is 12.1 Å². The molecular weight excluding hydrogens is 598 g/mol. The average Bonchev–Trinajstić information content (AvgIpc) is 3.35. The number of carbonyl (C=O) groups is 1. The smallest absolute Gasteiger partial charge is 0.416 e. The first-order chi connectivity index (χ1) is 20.4. The Balaban J connectivity index is 1.25. The molecule has 14 heteroatoms. The van der Waals surface area contributed by atoms with Gasteiger partial charge in [-0.15, -0.1) is 0 Å². The molecule has 1 fully saturated rings. The molecular formula is C29H24F6N4O3S. The lowest BCUT2D eigenvalue weighted by molar-refractivity contribution is -0.143. The number of hydrogen-bond donors (Lipinski definition) is 0. The fraction of sp³-hybridized carbons (Fsp3) is 0.276. The maximum Gasteiger partial charge on any atom is 0.416 e. The number of anilines is 1. The highest BCUT2D eigenvalue weighted by Crippen LogP contribution is 2.38. The lowest BCUT2D eigenvalue weighted by atomic mass is 10.0. The minimum Gasteiger partial charge on any atom is -0.496 e. The van der Waals surface area contributed by atoms with Crippen molar-refractivity contribution in [2.75, 3.05) is 38.2 Å². The van der Waals surface area contributed by atoms with Gasteiger partial charge in [-0.05, 0) is 54.2 Å². The van der Waals surface area contributed by atoms with Gasteiger partial charge < -0.3 is 19.3 Å². The van der Waals surface area contributed by atoms with Crippen LogP contribution in [0.3, 0.4) is 0 Å². The molecule has 0 spiro atoms. The van der Waals surface area contributed by atoms with Crippen LogP contribution in [0.2, 0.25) is 0 Å². The van der Waals surface area contributed by atoms with Crippen LogP contribution in [0.4, 0.5) is 32.2 Å². The van der Waals surface area contributed by atoms with E-state index >= 15 is 0 Å². The van der Waals surface area contributed by atoms with E-state index in [1.165, 1.54) is 31.0 Å². The van der Waals surface area contributed by atoms with E-state index in [1.807, 2.05) is 23.1 Å². The van der Waals surface area contributed by atoms with E-state index in [4.69, 9.17) is 9.47 Å². The first-order valence-electron chi connectivity index (χ1n) is 12.9. The lowest BCUT2D eigenvalue weighted by Crippen LogP contribution is -2.48. The first kappa shape index (κ1) is 30.3. The molecule has 5 rings (SSSR count). The van der Waals surface area contributed by atoms with E-state index in [1.54, 1.807) is 18.3 Å². The van der Waals surface area contributed by atoms with Gasteiger partial charge in [-0.25, -0.2) is 4.98 Å². The summed E-state index contributed by atoms with van der Waals surface area (Å²) < 4.78 is 90.2. The van der Waals surface area contributed by atoms with Crippen molar-refractivity contribution in [2.24, 2.45) is 4.99 Å². The summed E-state index contributed by atoms with van der Waals surface area (Å²) in [7, 11) is 1.38. The molecule has 226 valence electrons. The number of aromatic nitrogens is 1. The molecule has 0 bridgehead atoms. The molecule has 3 aromatic rings. The Morgan fingerprint density at radius 3 is 2.33 bits per heavy atom. The van der Waals surface area contributed by atoms with Crippen LogP contribution in [0.15, 0.2) is 70.7 Å². The number of aliphatic imine (C=N–C) groups is 1. The van der Waals surface area contributed by atoms with Gasteiger partial charge in [-0.2, -0.15) is 31.3 Å². The van der Waals surface area contributed by atoms with Gasteiger partial charge in [0.15, 0.2) is 5.17 Å². The molecule has 0 atom stereocenters. The predicted molar refractivity (Wildman–Crippen MR) is 150 cm³/mol. The molecule has 2 aliphatic rings. The van der Waals surface area contributed by atoms with Crippen LogP contribution in [-0.4, -0.2) is 54.2 Å². The number of amidine groups is 1. The van der Waals surface area contributed by atoms with Gasteiger partial charge >= 0.3 is 12.4 Å². The van der Waals surface area contributed by atoms with Crippen LogP contribution in [0.1, 0.15) is 22.3 Å². The van der Waals surface area contributed by atoms with E-state index in [-0.39, 0.29) is 17.6 Å². The summed E-state index contributed by atoms with van der Waals surface area (Å²) in [4.78, 5) is 25.8. The summed E-state index contributed by atoms with van der Waals surface area (Å²) in [6.07, 6.45) is -6.58. The topological polar surface area (TPSA) is 67.3 Å². The molecule has 0 saturated carbocycles. The summed E-state index contributed by atoms with van der Waals surface area (Å²) in [6, 6.07) is 11.6. The Morgan fingerprint density at radius 2 is 1.67 bits per heavy atom. The molecule has 7 nitrogen and oxygen atoms in total. The molecule has 0 unspecified atom stereocenters. The number of methoxy groups -OCH3 is 1. The van der Waals surface area contributed by atoms with Crippen LogP contribution in [0.5, 0.6) is 11.5 Å². The summed E-state index contributed by atoms with van der Waals surface area (Å²) in [5, 5.41) is 0.591. The third-order valence-corrected chi connectivity index (χ3v) is 7.81. The van der Waals surface area contributed by atoms with Crippen molar-refractivity contribution in [2.45, 2.75) is 19.0 Å². The molecule has 2 aliphatic heterocycles. The highest BCUT2D eigenvalue weighted by Gasteiger charge is 2.38. The van der Waals surface area contributed by atoms with Gasteiger partial charge in [0.05, 0.1) is 23.1 Å². The van der Waals surface area contributed by atoms with Gasteiger partial charge in [0.2, 0.25) is 0 Å². The molecule has 2 aromatic carbocycles. The maximum atomic E-state index is 13.5. The molecule has 0 radical (unpaired) electrons. The number of hydrogen-bond acceptors (Lipinski definition) is 7. The van der Waals surface area contributed by atoms with Crippen molar-refractivity contribution >= 4 is 34.7 Å². The number of piperazine rings is 1. The van der Waals surface area contributed by atoms with E-state index in [9.17, 15) is 31.1 Å². The molecule has 43 heavy (non-hydrogen) atoms. The number of carbonyl (C=O) groups excluding carboxylic acids is 1. The quantitative estimate of drug-likeness (QED) is 0.230. The zero-order valence-corrected chi connectivity index (χ0v) is 23.4. The van der Waals surface area contributed by atoms with E-state index in [0.29, 0.717) is 34.8 Å². The van der Waals surface area contributed by atoms with Gasteiger partial charge in [0.1, 0.15) is 23.9 Å². The number of alkyl halides is 6. The molecule has 0 N–H and O–H groups in total.